The molecule has 3 N–H and O–H groups in total. The highest BCUT2D eigenvalue weighted by Gasteiger charge is 2.33. The van der Waals surface area contributed by atoms with E-state index >= 15 is 4.39 Å². The van der Waals surface area contributed by atoms with E-state index in [9.17, 15) is 22.8 Å². The number of hydrogen-bond donors (Lipinski definition) is 3. The molecule has 14 heteroatoms. The molecule has 0 unspecified atom stereocenters. The lowest BCUT2D eigenvalue weighted by Crippen LogP contribution is -2.43. The van der Waals surface area contributed by atoms with Crippen molar-refractivity contribution in [3.8, 4) is 0 Å². The van der Waals surface area contributed by atoms with Gasteiger partial charge in [-0.1, -0.05) is 0 Å². The van der Waals surface area contributed by atoms with Gasteiger partial charge in [0, 0.05) is 45.7 Å². The van der Waals surface area contributed by atoms with Crippen LogP contribution in [0.25, 0.3) is 0 Å². The number of nitrogens with one attached hydrogen (secondary N) is 3. The number of hydrogen-bond acceptors (Lipinski definition) is 8. The van der Waals surface area contributed by atoms with Gasteiger partial charge in [0.15, 0.2) is 0 Å². The third-order valence-electron chi connectivity index (χ3n) is 6.04. The van der Waals surface area contributed by atoms with E-state index in [4.69, 9.17) is 4.74 Å². The summed E-state index contributed by atoms with van der Waals surface area (Å²) in [5.41, 5.74) is 3.96. The van der Waals surface area contributed by atoms with Crippen LogP contribution in [0.2, 0.25) is 0 Å². The number of anilines is 3. The number of benzene rings is 2. The molecule has 1 atom stereocenters. The fourth-order valence-electron chi connectivity index (χ4n) is 4.22. The number of amides is 3. The Morgan fingerprint density at radius 1 is 1.08 bits per heavy atom. The van der Waals surface area contributed by atoms with Crippen LogP contribution in [0.4, 0.5) is 26.2 Å². The number of ether oxygens (including phenoxy) is 1. The van der Waals surface area contributed by atoms with E-state index in [-0.39, 0.29) is 55.1 Å². The third kappa shape index (κ3) is 6.20. The van der Waals surface area contributed by atoms with Crippen molar-refractivity contribution in [3.63, 3.8) is 0 Å². The van der Waals surface area contributed by atoms with Crippen LogP contribution < -0.4 is 25.9 Å². The monoisotopic (exact) mass is 548 g/mol. The van der Waals surface area contributed by atoms with E-state index in [1.54, 1.807) is 17.0 Å². The van der Waals surface area contributed by atoms with Gasteiger partial charge in [0.05, 0.1) is 29.4 Å². The molecular weight excluding hydrogens is 519 g/mol. The summed E-state index contributed by atoms with van der Waals surface area (Å²) in [4.78, 5) is 37.6. The predicted octanol–water partition coefficient (Wildman–Crippen LogP) is 1.26. The summed E-state index contributed by atoms with van der Waals surface area (Å²) < 4.78 is 47.8. The van der Waals surface area contributed by atoms with Crippen LogP contribution in [0.3, 0.4) is 0 Å². The first-order valence-corrected chi connectivity index (χ1v) is 13.4. The van der Waals surface area contributed by atoms with Crippen LogP contribution in [-0.4, -0.2) is 76.1 Å². The van der Waals surface area contributed by atoms with Crippen LogP contribution in [-0.2, 0) is 24.3 Å². The predicted molar refractivity (Wildman–Crippen MR) is 138 cm³/mol. The van der Waals surface area contributed by atoms with E-state index < -0.39 is 28.0 Å². The molecule has 2 heterocycles. The number of nitrogens with zero attached hydrogens (tertiary/aromatic N) is 3. The zero-order valence-electron chi connectivity index (χ0n) is 20.9. The van der Waals surface area contributed by atoms with Gasteiger partial charge in [0.25, 0.3) is 10.0 Å². The molecule has 2 aliphatic rings. The van der Waals surface area contributed by atoms with Crippen LogP contribution in [0, 0.1) is 5.82 Å². The molecular formula is C24H29FN6O6S. The quantitative estimate of drug-likeness (QED) is 0.470. The largest absolute Gasteiger partial charge is 0.442 e. The second-order valence-electron chi connectivity index (χ2n) is 8.87. The van der Waals surface area contributed by atoms with E-state index in [0.717, 1.165) is 4.41 Å². The van der Waals surface area contributed by atoms with E-state index in [0.29, 0.717) is 17.9 Å². The molecule has 4 rings (SSSR count). The highest BCUT2D eigenvalue weighted by molar-refractivity contribution is 7.89. The molecule has 2 fully saturated rings. The first kappa shape index (κ1) is 27.3. The second-order valence-corrected chi connectivity index (χ2v) is 10.7. The van der Waals surface area contributed by atoms with Crippen molar-refractivity contribution in [2.75, 3.05) is 54.4 Å². The fraction of sp³-hybridized carbons (Fsp3) is 0.375. The van der Waals surface area contributed by atoms with E-state index in [1.165, 1.54) is 49.1 Å². The normalized spacial score (nSPS) is 18.6. The minimum absolute atomic E-state index is 0.0531. The molecule has 204 valence electrons. The van der Waals surface area contributed by atoms with Gasteiger partial charge < -0.3 is 20.3 Å². The van der Waals surface area contributed by atoms with Gasteiger partial charge in [-0.15, -0.1) is 4.41 Å². The smallest absolute Gasteiger partial charge is 0.414 e. The topological polar surface area (TPSA) is 140 Å². The van der Waals surface area contributed by atoms with Gasteiger partial charge in [-0.05, 0) is 42.5 Å². The van der Waals surface area contributed by atoms with Gasteiger partial charge in [-0.3, -0.25) is 14.5 Å². The Balaban J connectivity index is 1.41. The van der Waals surface area contributed by atoms with Crippen molar-refractivity contribution in [1.82, 2.24) is 15.2 Å². The zero-order chi connectivity index (χ0) is 27.4. The summed E-state index contributed by atoms with van der Waals surface area (Å²) >= 11 is 0. The number of sulfonamides is 1. The first-order valence-electron chi connectivity index (χ1n) is 12.0. The molecule has 3 amide bonds. The molecule has 2 aromatic rings. The Morgan fingerprint density at radius 3 is 2.47 bits per heavy atom. The second kappa shape index (κ2) is 11.3. The maximum atomic E-state index is 15.2. The number of carbonyl (C=O) groups excluding carboxylic acids is 3. The van der Waals surface area contributed by atoms with Gasteiger partial charge >= 0.3 is 6.09 Å². The highest BCUT2D eigenvalue weighted by Crippen LogP contribution is 2.28. The summed E-state index contributed by atoms with van der Waals surface area (Å²) in [6, 6.07) is 10.2. The summed E-state index contributed by atoms with van der Waals surface area (Å²) in [7, 11) is -3.88. The molecule has 12 nitrogen and oxygen atoms in total. The van der Waals surface area contributed by atoms with Crippen molar-refractivity contribution < 1.29 is 31.9 Å². The Morgan fingerprint density at radius 2 is 1.82 bits per heavy atom. The minimum Gasteiger partial charge on any atom is -0.442 e. The maximum Gasteiger partial charge on any atom is 0.414 e. The van der Waals surface area contributed by atoms with Crippen molar-refractivity contribution in [1.29, 1.82) is 0 Å². The number of cyclic esters (lactones) is 1. The Bertz CT molecular complexity index is 1320. The molecule has 2 aliphatic heterocycles. The molecule has 0 radical (unpaired) electrons. The Labute approximate surface area is 219 Å². The van der Waals surface area contributed by atoms with Gasteiger partial charge in [0.1, 0.15) is 11.9 Å². The summed E-state index contributed by atoms with van der Waals surface area (Å²) in [5, 5.41) is 5.18. The van der Waals surface area contributed by atoms with Gasteiger partial charge in [0.2, 0.25) is 11.8 Å². The minimum atomic E-state index is -3.88. The van der Waals surface area contributed by atoms with Crippen molar-refractivity contribution in [2.45, 2.75) is 24.8 Å². The Hall–Kier alpha value is -3.75. The molecule has 0 spiro atoms. The van der Waals surface area contributed by atoms with E-state index in [1.807, 2.05) is 0 Å². The van der Waals surface area contributed by atoms with Gasteiger partial charge in [-0.2, -0.15) is 0 Å². The average Bonchev–Trinajstić information content (AvgIpc) is 3.06. The number of rotatable bonds is 7. The van der Waals surface area contributed by atoms with Crippen LogP contribution in [0.15, 0.2) is 47.4 Å². The lowest BCUT2D eigenvalue weighted by atomic mass is 10.2. The molecule has 0 aliphatic carbocycles. The molecule has 0 bridgehead atoms. The highest BCUT2D eigenvalue weighted by atomic mass is 32.2. The van der Waals surface area contributed by atoms with Crippen LogP contribution >= 0.6 is 0 Å². The van der Waals surface area contributed by atoms with Crippen molar-refractivity contribution in [3.05, 3.63) is 48.3 Å². The van der Waals surface area contributed by atoms with Gasteiger partial charge in [-0.25, -0.2) is 23.0 Å². The standard InChI is InChI=1S/C24H29FN6O6S/c1-16(32)26-14-20-15-30(24(34)37-20)19-5-8-23(22(25)13-19)29-10-9-27-31(12-11-29)38(35,36)21-6-3-18(4-7-21)28-17(2)33/h3-8,13,20,27H,9-12,14-15H2,1-2H3,(H,26,32)(H,28,33)/t20-/m0/s1. The van der Waals surface area contributed by atoms with Crippen molar-refractivity contribution in [2.24, 2.45) is 0 Å². The van der Waals surface area contributed by atoms with E-state index in [2.05, 4.69) is 16.1 Å². The number of hydrazine groups is 1. The van der Waals surface area contributed by atoms with Crippen LogP contribution in [0.5, 0.6) is 0 Å². The third-order valence-corrected chi connectivity index (χ3v) is 7.80. The molecule has 38 heavy (non-hydrogen) atoms. The summed E-state index contributed by atoms with van der Waals surface area (Å²) in [6.07, 6.45) is -1.17. The molecule has 0 saturated carbocycles. The molecule has 0 aromatic heterocycles. The molecule has 2 saturated heterocycles. The first-order chi connectivity index (χ1) is 18.0. The number of halogens is 1. The van der Waals surface area contributed by atoms with Crippen LogP contribution in [0.1, 0.15) is 13.8 Å². The van der Waals surface area contributed by atoms with Crippen molar-refractivity contribution >= 4 is 45.0 Å². The lowest BCUT2D eigenvalue weighted by molar-refractivity contribution is -0.119. The fourth-order valence-corrected chi connectivity index (χ4v) is 5.53. The average molecular weight is 549 g/mol. The molecule has 2 aromatic carbocycles. The Kier molecular flexibility index (Phi) is 8.14. The maximum absolute atomic E-state index is 15.2. The lowest BCUT2D eigenvalue weighted by Gasteiger charge is -2.24. The summed E-state index contributed by atoms with van der Waals surface area (Å²) in [5.74, 6) is -1.07. The summed E-state index contributed by atoms with van der Waals surface area (Å²) in [6.45, 7) is 3.92. The zero-order valence-corrected chi connectivity index (χ0v) is 21.8. The SMILES string of the molecule is CC(=O)NC[C@H]1CN(c2ccc(N3CCNN(S(=O)(=O)c4ccc(NC(C)=O)cc4)CC3)c(F)c2)C(=O)O1. The number of carbonyl (C=O) groups is 3.